The van der Waals surface area contributed by atoms with Crippen LogP contribution in [0.15, 0.2) is 218 Å². The summed E-state index contributed by atoms with van der Waals surface area (Å²) in [6.45, 7) is 12.9. The molecule has 0 amide bonds. The molecule has 0 unspecified atom stereocenters. The van der Waals surface area contributed by atoms with Crippen LogP contribution in [0.1, 0.15) is 11.4 Å². The molecule has 0 saturated heterocycles. The van der Waals surface area contributed by atoms with Crippen LogP contribution in [0.25, 0.3) is 115 Å². The molecule has 4 nitrogen and oxygen atoms in total. The second kappa shape index (κ2) is 15.8. The third kappa shape index (κ3) is 6.57. The molecule has 0 spiro atoms. The Kier molecular flexibility index (Phi) is 9.29. The minimum atomic E-state index is 0.572. The summed E-state index contributed by atoms with van der Waals surface area (Å²) in [5, 5.41) is 4.59. The van der Waals surface area contributed by atoms with Gasteiger partial charge in [-0.1, -0.05) is 170 Å². The summed E-state index contributed by atoms with van der Waals surface area (Å²) in [6, 6.07) is 78.4. The van der Waals surface area contributed by atoms with Crippen LogP contribution in [0.5, 0.6) is 0 Å². The first kappa shape index (κ1) is 38.9. The van der Waals surface area contributed by atoms with Gasteiger partial charge in [-0.25, -0.2) is 4.85 Å². The molecule has 0 atom stereocenters. The van der Waals surface area contributed by atoms with Gasteiger partial charge in [0, 0.05) is 32.9 Å². The molecule has 0 N–H and O–H groups in total. The number of hydrogen-bond acceptors (Lipinski definition) is 1. The van der Waals surface area contributed by atoms with Crippen molar-refractivity contribution in [1.29, 1.82) is 0 Å². The van der Waals surface area contributed by atoms with Crippen molar-refractivity contribution in [3.63, 3.8) is 0 Å². The van der Waals surface area contributed by atoms with Crippen molar-refractivity contribution in [2.24, 2.45) is 0 Å². The van der Waals surface area contributed by atoms with Gasteiger partial charge in [0.05, 0.1) is 40.0 Å². The average molecular weight is 843 g/mol. The fourth-order valence-electron chi connectivity index (χ4n) is 10.0. The molecule has 0 saturated carbocycles. The van der Waals surface area contributed by atoms with E-state index in [4.69, 9.17) is 11.6 Å². The number of nitrogens with zero attached hydrogens (tertiary/aromatic N) is 4. The Morgan fingerprint density at radius 3 is 0.970 bits per heavy atom. The molecule has 0 aliphatic carbocycles. The summed E-state index contributed by atoms with van der Waals surface area (Å²) in [6.07, 6.45) is 0. The number of fused-ring (bicyclic) bond motifs is 6. The molecule has 4 heteroatoms. The van der Waals surface area contributed by atoms with Gasteiger partial charge in [0.1, 0.15) is 0 Å². The number of benzene rings is 9. The number of aromatic nitrogens is 3. The van der Waals surface area contributed by atoms with Crippen molar-refractivity contribution in [3.8, 4) is 67.0 Å². The first-order chi connectivity index (χ1) is 32.5. The van der Waals surface area contributed by atoms with Crippen LogP contribution >= 0.6 is 0 Å². The average Bonchev–Trinajstić information content (AvgIpc) is 3.87. The van der Waals surface area contributed by atoms with Crippen LogP contribution in [0.4, 0.5) is 5.69 Å². The van der Waals surface area contributed by atoms with Gasteiger partial charge in [-0.05, 0) is 118 Å². The maximum Gasteiger partial charge on any atom is 0.197 e. The van der Waals surface area contributed by atoms with Crippen molar-refractivity contribution in [1.82, 2.24) is 14.1 Å². The Labute approximate surface area is 383 Å². The van der Waals surface area contributed by atoms with Crippen molar-refractivity contribution >= 4 is 49.3 Å². The topological polar surface area (TPSA) is 27.1 Å². The lowest BCUT2D eigenvalue weighted by Crippen LogP contribution is -2.05. The highest BCUT2D eigenvalue weighted by Crippen LogP contribution is 2.45. The lowest BCUT2D eigenvalue weighted by atomic mass is 10.00. The Bertz CT molecular complexity index is 3660. The van der Waals surface area contributed by atoms with Gasteiger partial charge in [-0.3, -0.25) is 4.98 Å². The fraction of sp³-hybridized carbons (Fsp3) is 0.0323. The van der Waals surface area contributed by atoms with E-state index in [2.05, 4.69) is 232 Å². The molecular weight excluding hydrogens is 801 g/mol. The van der Waals surface area contributed by atoms with E-state index in [0.29, 0.717) is 5.69 Å². The van der Waals surface area contributed by atoms with Crippen molar-refractivity contribution < 1.29 is 0 Å². The number of hydrogen-bond donors (Lipinski definition) is 0. The molecule has 0 radical (unpaired) electrons. The normalized spacial score (nSPS) is 11.5. The minimum Gasteiger partial charge on any atom is -0.308 e. The van der Waals surface area contributed by atoms with Crippen molar-refractivity contribution in [3.05, 3.63) is 241 Å². The standard InChI is InChI=1S/C62H42N4/c1-40-32-50(33-41(2)64-40)55-38-61(65-57-34-46(42-16-8-4-9-17-42)24-28-51(57)52-29-25-47(35-58(52)65)43-18-10-5-11-19-43)62(39-56(55)63-3)66-59-36-48(44-20-12-6-13-21-44)26-30-53(59)54-31-27-49(37-60(54)66)45-22-14-7-15-23-45/h4-39H,1-2H3. The number of rotatable bonds is 7. The summed E-state index contributed by atoms with van der Waals surface area (Å²) in [7, 11) is 0. The van der Waals surface area contributed by atoms with Crippen LogP contribution in [0.2, 0.25) is 0 Å². The monoisotopic (exact) mass is 842 g/mol. The highest BCUT2D eigenvalue weighted by Gasteiger charge is 2.24. The predicted octanol–water partition coefficient (Wildman–Crippen LogP) is 16.8. The van der Waals surface area contributed by atoms with Crippen LogP contribution in [0.3, 0.4) is 0 Å². The minimum absolute atomic E-state index is 0.572. The van der Waals surface area contributed by atoms with E-state index < -0.39 is 0 Å². The molecule has 0 fully saturated rings. The zero-order valence-electron chi connectivity index (χ0n) is 36.6. The third-order valence-electron chi connectivity index (χ3n) is 13.1. The second-order valence-electron chi connectivity index (χ2n) is 17.2. The van der Waals surface area contributed by atoms with E-state index in [1.54, 1.807) is 0 Å². The van der Waals surface area contributed by atoms with E-state index in [-0.39, 0.29) is 0 Å². The smallest absolute Gasteiger partial charge is 0.197 e. The first-order valence-corrected chi connectivity index (χ1v) is 22.4. The molecule has 310 valence electrons. The summed E-state index contributed by atoms with van der Waals surface area (Å²) in [4.78, 5) is 9.08. The van der Waals surface area contributed by atoms with E-state index in [0.717, 1.165) is 122 Å². The molecule has 12 rings (SSSR count). The summed E-state index contributed by atoms with van der Waals surface area (Å²) >= 11 is 0. The molecule has 0 bridgehead atoms. The second-order valence-corrected chi connectivity index (χ2v) is 17.2. The highest BCUT2D eigenvalue weighted by atomic mass is 15.1. The Balaban J connectivity index is 1.26. The molecule has 9 aromatic carbocycles. The van der Waals surface area contributed by atoms with E-state index in [9.17, 15) is 0 Å². The molecule has 0 aliphatic rings. The Morgan fingerprint density at radius 2 is 0.652 bits per heavy atom. The maximum atomic E-state index is 8.83. The molecular formula is C62H42N4. The Hall–Kier alpha value is -8.78. The van der Waals surface area contributed by atoms with E-state index in [1.165, 1.54) is 0 Å². The van der Waals surface area contributed by atoms with Gasteiger partial charge in [0.15, 0.2) is 5.69 Å². The summed E-state index contributed by atoms with van der Waals surface area (Å²) in [5.74, 6) is 0. The van der Waals surface area contributed by atoms with Crippen LogP contribution in [-0.4, -0.2) is 14.1 Å². The molecule has 66 heavy (non-hydrogen) atoms. The van der Waals surface area contributed by atoms with Gasteiger partial charge < -0.3 is 9.13 Å². The number of aryl methyl sites for hydroxylation is 2. The largest absolute Gasteiger partial charge is 0.308 e. The van der Waals surface area contributed by atoms with Gasteiger partial charge >= 0.3 is 0 Å². The van der Waals surface area contributed by atoms with Crippen LogP contribution < -0.4 is 0 Å². The first-order valence-electron chi connectivity index (χ1n) is 22.4. The fourth-order valence-corrected chi connectivity index (χ4v) is 10.0. The van der Waals surface area contributed by atoms with Crippen LogP contribution in [0, 0.1) is 20.4 Å². The van der Waals surface area contributed by atoms with Crippen molar-refractivity contribution in [2.45, 2.75) is 13.8 Å². The maximum absolute atomic E-state index is 8.83. The van der Waals surface area contributed by atoms with Gasteiger partial charge in [-0.15, -0.1) is 0 Å². The SMILES string of the molecule is [C-]#[N+]c1cc(-n2c3cc(-c4ccccc4)ccc3c3ccc(-c4ccccc4)cc32)c(-n2c3cc(-c4ccccc4)ccc3c3ccc(-c4ccccc4)cc32)cc1-c1cc(C)nc(C)c1. The van der Waals surface area contributed by atoms with Gasteiger partial charge in [0.25, 0.3) is 0 Å². The quantitative estimate of drug-likeness (QED) is 0.147. The Morgan fingerprint density at radius 1 is 0.333 bits per heavy atom. The lowest BCUT2D eigenvalue weighted by molar-refractivity contribution is 1.10. The van der Waals surface area contributed by atoms with Crippen LogP contribution in [-0.2, 0) is 0 Å². The lowest BCUT2D eigenvalue weighted by Gasteiger charge is -2.20. The predicted molar refractivity (Wildman–Crippen MR) is 276 cm³/mol. The zero-order valence-corrected chi connectivity index (χ0v) is 36.6. The third-order valence-corrected chi connectivity index (χ3v) is 13.1. The van der Waals surface area contributed by atoms with E-state index in [1.807, 2.05) is 13.8 Å². The van der Waals surface area contributed by atoms with E-state index >= 15 is 0 Å². The van der Waals surface area contributed by atoms with Gasteiger partial charge in [-0.2, -0.15) is 0 Å². The molecule has 12 aromatic rings. The molecule has 0 aliphatic heterocycles. The highest BCUT2D eigenvalue weighted by molar-refractivity contribution is 6.14. The number of pyridine rings is 1. The van der Waals surface area contributed by atoms with Gasteiger partial charge in [0.2, 0.25) is 0 Å². The zero-order chi connectivity index (χ0) is 44.3. The summed E-state index contributed by atoms with van der Waals surface area (Å²) in [5.41, 5.74) is 19.5. The molecule has 3 heterocycles. The van der Waals surface area contributed by atoms with Crippen molar-refractivity contribution in [2.75, 3.05) is 0 Å². The molecule has 3 aromatic heterocycles. The summed E-state index contributed by atoms with van der Waals surface area (Å²) < 4.78 is 4.87.